The van der Waals surface area contributed by atoms with Crippen LogP contribution in [0.15, 0.2) is 18.5 Å². The van der Waals surface area contributed by atoms with E-state index < -0.39 is 5.97 Å². The van der Waals surface area contributed by atoms with Gasteiger partial charge in [0.15, 0.2) is 0 Å². The minimum Gasteiger partial charge on any atom is -0.372 e. The van der Waals surface area contributed by atoms with E-state index in [0.29, 0.717) is 0 Å². The Labute approximate surface area is 77.2 Å². The van der Waals surface area contributed by atoms with Gasteiger partial charge in [-0.15, -0.1) is 0 Å². The first-order valence-corrected chi connectivity index (χ1v) is 4.30. The van der Waals surface area contributed by atoms with Crippen LogP contribution in [0.4, 0.5) is 0 Å². The summed E-state index contributed by atoms with van der Waals surface area (Å²) >= 11 is 0. The lowest BCUT2D eigenvalue weighted by Crippen LogP contribution is -2.15. The lowest BCUT2D eigenvalue weighted by molar-refractivity contribution is -0.144. The summed E-state index contributed by atoms with van der Waals surface area (Å²) in [6.07, 6.45) is 5.92. The standard InChI is InChI=1S/C9H14N2O2/c1-2-3-8-4-5-11(6-8)7-9(12)13-10/h4-6H,2-3,7,10H2,1H3. The molecule has 2 N–H and O–H groups in total. The fraction of sp³-hybridized carbons (Fsp3) is 0.444. The molecule has 0 saturated carbocycles. The molecule has 0 aliphatic rings. The van der Waals surface area contributed by atoms with Crippen molar-refractivity contribution in [1.29, 1.82) is 0 Å². The van der Waals surface area contributed by atoms with Crippen LogP contribution in [0.1, 0.15) is 18.9 Å². The van der Waals surface area contributed by atoms with Gasteiger partial charge in [-0.2, -0.15) is 5.90 Å². The van der Waals surface area contributed by atoms with Gasteiger partial charge in [-0.05, 0) is 18.1 Å². The smallest absolute Gasteiger partial charge is 0.344 e. The molecule has 0 aromatic carbocycles. The van der Waals surface area contributed by atoms with E-state index in [0.717, 1.165) is 12.8 Å². The van der Waals surface area contributed by atoms with Crippen molar-refractivity contribution in [2.24, 2.45) is 5.90 Å². The Hall–Kier alpha value is -1.29. The van der Waals surface area contributed by atoms with E-state index in [1.165, 1.54) is 5.56 Å². The summed E-state index contributed by atoms with van der Waals surface area (Å²) in [5.74, 6) is 4.29. The molecule has 1 aromatic rings. The zero-order valence-corrected chi connectivity index (χ0v) is 7.69. The first-order chi connectivity index (χ1) is 6.26. The van der Waals surface area contributed by atoms with Gasteiger partial charge < -0.3 is 9.40 Å². The Kier molecular flexibility index (Phi) is 3.52. The Balaban J connectivity index is 2.53. The molecule has 1 rings (SSSR count). The molecule has 0 atom stereocenters. The van der Waals surface area contributed by atoms with Crippen LogP contribution in [0, 0.1) is 0 Å². The number of carbonyl (C=O) groups is 1. The van der Waals surface area contributed by atoms with Crippen molar-refractivity contribution < 1.29 is 9.63 Å². The number of rotatable bonds is 4. The van der Waals surface area contributed by atoms with Gasteiger partial charge in [0.25, 0.3) is 0 Å². The first kappa shape index (κ1) is 9.80. The zero-order valence-electron chi connectivity index (χ0n) is 7.69. The van der Waals surface area contributed by atoms with Crippen LogP contribution in [0.5, 0.6) is 0 Å². The van der Waals surface area contributed by atoms with Gasteiger partial charge in [-0.1, -0.05) is 13.3 Å². The monoisotopic (exact) mass is 182 g/mol. The maximum Gasteiger partial charge on any atom is 0.344 e. The molecule has 0 spiro atoms. The fourth-order valence-corrected chi connectivity index (χ4v) is 1.21. The van der Waals surface area contributed by atoms with E-state index in [1.54, 1.807) is 4.57 Å². The van der Waals surface area contributed by atoms with Gasteiger partial charge in [-0.3, -0.25) is 0 Å². The van der Waals surface area contributed by atoms with Crippen molar-refractivity contribution in [3.8, 4) is 0 Å². The van der Waals surface area contributed by atoms with Crippen LogP contribution in [0.3, 0.4) is 0 Å². The van der Waals surface area contributed by atoms with Gasteiger partial charge in [0.2, 0.25) is 0 Å². The van der Waals surface area contributed by atoms with E-state index in [2.05, 4.69) is 11.8 Å². The molecule has 0 aliphatic carbocycles. The number of nitrogens with two attached hydrogens (primary N) is 1. The Morgan fingerprint density at radius 3 is 3.08 bits per heavy atom. The average molecular weight is 182 g/mol. The maximum atomic E-state index is 10.8. The predicted octanol–water partition coefficient (Wildman–Crippen LogP) is 0.857. The summed E-state index contributed by atoms with van der Waals surface area (Å²) in [5.41, 5.74) is 1.23. The molecular formula is C9H14N2O2. The fourth-order valence-electron chi connectivity index (χ4n) is 1.21. The highest BCUT2D eigenvalue weighted by atomic mass is 16.7. The van der Waals surface area contributed by atoms with Crippen molar-refractivity contribution in [3.05, 3.63) is 24.0 Å². The number of hydrogen-bond acceptors (Lipinski definition) is 3. The third kappa shape index (κ3) is 2.91. The number of aromatic nitrogens is 1. The van der Waals surface area contributed by atoms with Crippen molar-refractivity contribution in [2.75, 3.05) is 0 Å². The second kappa shape index (κ2) is 4.67. The molecule has 1 heterocycles. The summed E-state index contributed by atoms with van der Waals surface area (Å²) in [6, 6.07) is 1.99. The van der Waals surface area contributed by atoms with E-state index in [9.17, 15) is 4.79 Å². The van der Waals surface area contributed by atoms with Crippen LogP contribution in [0.25, 0.3) is 0 Å². The van der Waals surface area contributed by atoms with Crippen molar-refractivity contribution >= 4 is 5.97 Å². The molecule has 13 heavy (non-hydrogen) atoms. The average Bonchev–Trinajstić information content (AvgIpc) is 2.53. The number of nitrogens with zero attached hydrogens (tertiary/aromatic N) is 1. The predicted molar refractivity (Wildman–Crippen MR) is 48.7 cm³/mol. The summed E-state index contributed by atoms with van der Waals surface area (Å²) in [4.78, 5) is 14.8. The Bertz CT molecular complexity index is 281. The zero-order chi connectivity index (χ0) is 9.68. The molecule has 0 bridgehead atoms. The summed E-state index contributed by atoms with van der Waals surface area (Å²) in [7, 11) is 0. The number of carbonyl (C=O) groups excluding carboxylic acids is 1. The van der Waals surface area contributed by atoms with E-state index in [1.807, 2.05) is 18.5 Å². The highest BCUT2D eigenvalue weighted by molar-refractivity contribution is 5.68. The SMILES string of the molecule is CCCc1ccn(CC(=O)ON)c1. The third-order valence-corrected chi connectivity index (χ3v) is 1.79. The molecule has 0 aliphatic heterocycles. The van der Waals surface area contributed by atoms with E-state index >= 15 is 0 Å². The molecule has 0 amide bonds. The first-order valence-electron chi connectivity index (χ1n) is 4.30. The van der Waals surface area contributed by atoms with Crippen LogP contribution < -0.4 is 5.90 Å². The van der Waals surface area contributed by atoms with Crippen molar-refractivity contribution in [2.45, 2.75) is 26.3 Å². The van der Waals surface area contributed by atoms with Gasteiger partial charge in [0.1, 0.15) is 6.54 Å². The summed E-state index contributed by atoms with van der Waals surface area (Å²) in [6.45, 7) is 2.30. The Morgan fingerprint density at radius 2 is 2.46 bits per heavy atom. The minimum atomic E-state index is -0.432. The normalized spacial score (nSPS) is 10.0. The van der Waals surface area contributed by atoms with Crippen molar-refractivity contribution in [1.82, 2.24) is 4.57 Å². The maximum absolute atomic E-state index is 10.8. The molecular weight excluding hydrogens is 168 g/mol. The minimum absolute atomic E-state index is 0.181. The highest BCUT2D eigenvalue weighted by Crippen LogP contribution is 2.04. The molecule has 0 unspecified atom stereocenters. The molecule has 0 fully saturated rings. The van der Waals surface area contributed by atoms with Crippen molar-refractivity contribution in [3.63, 3.8) is 0 Å². The Morgan fingerprint density at radius 1 is 1.69 bits per heavy atom. The van der Waals surface area contributed by atoms with Gasteiger partial charge in [0, 0.05) is 12.4 Å². The number of hydrogen-bond donors (Lipinski definition) is 1. The van der Waals surface area contributed by atoms with Crippen LogP contribution >= 0.6 is 0 Å². The van der Waals surface area contributed by atoms with Gasteiger partial charge in [0.05, 0.1) is 0 Å². The lowest BCUT2D eigenvalue weighted by Gasteiger charge is -1.98. The molecule has 0 radical (unpaired) electrons. The lowest BCUT2D eigenvalue weighted by atomic mass is 10.2. The molecule has 0 saturated heterocycles. The van der Waals surface area contributed by atoms with Gasteiger partial charge >= 0.3 is 5.97 Å². The second-order valence-electron chi connectivity index (χ2n) is 2.93. The molecule has 4 nitrogen and oxygen atoms in total. The molecule has 1 aromatic heterocycles. The van der Waals surface area contributed by atoms with Crippen LogP contribution in [-0.4, -0.2) is 10.5 Å². The quantitative estimate of drug-likeness (QED) is 0.702. The second-order valence-corrected chi connectivity index (χ2v) is 2.93. The largest absolute Gasteiger partial charge is 0.372 e. The summed E-state index contributed by atoms with van der Waals surface area (Å²) < 4.78 is 1.76. The van der Waals surface area contributed by atoms with E-state index in [4.69, 9.17) is 5.90 Å². The van der Waals surface area contributed by atoms with Gasteiger partial charge in [-0.25, -0.2) is 4.79 Å². The van der Waals surface area contributed by atoms with Crippen LogP contribution in [0.2, 0.25) is 0 Å². The highest BCUT2D eigenvalue weighted by Gasteiger charge is 2.02. The van der Waals surface area contributed by atoms with Crippen LogP contribution in [-0.2, 0) is 22.6 Å². The van der Waals surface area contributed by atoms with E-state index in [-0.39, 0.29) is 6.54 Å². The number of aryl methyl sites for hydroxylation is 1. The molecule has 72 valence electrons. The topological polar surface area (TPSA) is 57.2 Å². The summed E-state index contributed by atoms with van der Waals surface area (Å²) in [5, 5.41) is 0. The molecule has 4 heteroatoms. The third-order valence-electron chi connectivity index (χ3n) is 1.79.